The molecule has 1 fully saturated rings. The first-order chi connectivity index (χ1) is 11.7. The van der Waals surface area contributed by atoms with Crippen molar-refractivity contribution in [3.8, 4) is 0 Å². The van der Waals surface area contributed by atoms with Crippen LogP contribution in [0.1, 0.15) is 37.5 Å². The summed E-state index contributed by atoms with van der Waals surface area (Å²) in [7, 11) is 2.18. The molecule has 0 saturated carbocycles. The summed E-state index contributed by atoms with van der Waals surface area (Å²) in [5, 5.41) is 4.21. The molecule has 24 heavy (non-hydrogen) atoms. The van der Waals surface area contributed by atoms with Crippen molar-refractivity contribution < 1.29 is 4.52 Å². The minimum absolute atomic E-state index is 0.0175. The lowest BCUT2D eigenvalue weighted by molar-refractivity contribution is 0.216. The third-order valence-corrected chi connectivity index (χ3v) is 5.05. The van der Waals surface area contributed by atoms with Crippen LogP contribution in [0.25, 0.3) is 11.0 Å². The molecule has 2 aromatic heterocycles. The van der Waals surface area contributed by atoms with Crippen LogP contribution in [0.15, 0.2) is 35.1 Å². The van der Waals surface area contributed by atoms with E-state index in [9.17, 15) is 0 Å². The molecule has 4 rings (SSSR count). The molecule has 0 spiro atoms. The number of fused-ring (bicyclic) bond motifs is 1. The Hall–Kier alpha value is -2.21. The predicted octanol–water partition coefficient (Wildman–Crippen LogP) is 2.91. The highest BCUT2D eigenvalue weighted by Gasteiger charge is 2.22. The quantitative estimate of drug-likeness (QED) is 0.738. The van der Waals surface area contributed by atoms with Gasteiger partial charge in [-0.3, -0.25) is 0 Å². The summed E-state index contributed by atoms with van der Waals surface area (Å²) in [6.45, 7) is 4.39. The molecule has 1 saturated heterocycles. The first-order valence-corrected chi connectivity index (χ1v) is 8.63. The van der Waals surface area contributed by atoms with Crippen molar-refractivity contribution in [1.82, 2.24) is 24.6 Å². The second-order valence-corrected chi connectivity index (χ2v) is 6.82. The van der Waals surface area contributed by atoms with Gasteiger partial charge in [-0.25, -0.2) is 4.98 Å². The molecule has 0 N–H and O–H groups in total. The van der Waals surface area contributed by atoms with Crippen molar-refractivity contribution in [2.24, 2.45) is 5.92 Å². The first-order valence-electron chi connectivity index (χ1n) is 8.63. The largest absolute Gasteiger partial charge is 0.337 e. The number of para-hydroxylation sites is 2. The van der Waals surface area contributed by atoms with Gasteiger partial charge in [0.25, 0.3) is 0 Å². The SMILES string of the molecule is C[C@H](c1nc(CC2CCN(C)CC2)no1)n1cnc2ccccc21. The van der Waals surface area contributed by atoms with Crippen LogP contribution in [0.3, 0.4) is 0 Å². The smallest absolute Gasteiger partial charge is 0.249 e. The topological polar surface area (TPSA) is 60.0 Å². The minimum atomic E-state index is -0.0175. The monoisotopic (exact) mass is 325 g/mol. The third-order valence-electron chi connectivity index (χ3n) is 5.05. The molecule has 0 unspecified atom stereocenters. The van der Waals surface area contributed by atoms with Gasteiger partial charge < -0.3 is 14.0 Å². The number of nitrogens with zero attached hydrogens (tertiary/aromatic N) is 5. The molecule has 0 bridgehead atoms. The second kappa shape index (κ2) is 6.36. The van der Waals surface area contributed by atoms with Crippen molar-refractivity contribution in [3.05, 3.63) is 42.3 Å². The molecule has 1 atom stereocenters. The van der Waals surface area contributed by atoms with Crippen molar-refractivity contribution >= 4 is 11.0 Å². The van der Waals surface area contributed by atoms with E-state index in [4.69, 9.17) is 4.52 Å². The molecule has 1 aliphatic heterocycles. The maximum absolute atomic E-state index is 5.54. The molecule has 0 amide bonds. The Balaban J connectivity index is 1.50. The summed E-state index contributed by atoms with van der Waals surface area (Å²) in [6.07, 6.45) is 5.18. The number of aromatic nitrogens is 4. The van der Waals surface area contributed by atoms with Gasteiger partial charge >= 0.3 is 0 Å². The molecule has 1 aliphatic rings. The number of hydrogen-bond donors (Lipinski definition) is 0. The Labute approximate surface area is 141 Å². The van der Waals surface area contributed by atoms with Crippen molar-refractivity contribution in [2.45, 2.75) is 32.2 Å². The van der Waals surface area contributed by atoms with Crippen LogP contribution in [-0.4, -0.2) is 44.7 Å². The maximum atomic E-state index is 5.54. The third kappa shape index (κ3) is 2.94. The summed E-state index contributed by atoms with van der Waals surface area (Å²) < 4.78 is 7.63. The molecule has 1 aromatic carbocycles. The van der Waals surface area contributed by atoms with E-state index in [-0.39, 0.29) is 6.04 Å². The second-order valence-electron chi connectivity index (χ2n) is 6.82. The lowest BCUT2D eigenvalue weighted by Crippen LogP contribution is -2.31. The Bertz CT molecular complexity index is 816. The molecule has 6 heteroatoms. The average molecular weight is 325 g/mol. The zero-order valence-corrected chi connectivity index (χ0v) is 14.2. The summed E-state index contributed by atoms with van der Waals surface area (Å²) in [6, 6.07) is 8.08. The maximum Gasteiger partial charge on any atom is 0.249 e. The fourth-order valence-electron chi connectivity index (χ4n) is 3.45. The van der Waals surface area contributed by atoms with Crippen molar-refractivity contribution in [2.75, 3.05) is 20.1 Å². The summed E-state index contributed by atoms with van der Waals surface area (Å²) in [5.74, 6) is 2.15. The fraction of sp³-hybridized carbons (Fsp3) is 0.500. The van der Waals surface area contributed by atoms with E-state index in [0.717, 1.165) is 36.4 Å². The Morgan fingerprint density at radius 3 is 2.88 bits per heavy atom. The summed E-state index contributed by atoms with van der Waals surface area (Å²) in [4.78, 5) is 11.5. The van der Waals surface area contributed by atoms with Crippen LogP contribution in [0.4, 0.5) is 0 Å². The Kier molecular flexibility index (Phi) is 4.06. The lowest BCUT2D eigenvalue weighted by atomic mass is 9.94. The number of hydrogen-bond acceptors (Lipinski definition) is 5. The van der Waals surface area contributed by atoms with Crippen LogP contribution in [0, 0.1) is 5.92 Å². The molecule has 3 aromatic rings. The molecule has 0 radical (unpaired) electrons. The number of piperidine rings is 1. The standard InChI is InChI=1S/C18H23N5O/c1-13(23-12-19-15-5-3-4-6-16(15)23)18-20-17(21-24-18)11-14-7-9-22(2)10-8-14/h3-6,12-14H,7-11H2,1-2H3/t13-/m1/s1. The van der Waals surface area contributed by atoms with Crippen molar-refractivity contribution in [1.29, 1.82) is 0 Å². The molecule has 3 heterocycles. The Morgan fingerprint density at radius 2 is 2.04 bits per heavy atom. The number of imidazole rings is 1. The van der Waals surface area contributed by atoms with Gasteiger partial charge in [0.05, 0.1) is 17.4 Å². The highest BCUT2D eigenvalue weighted by molar-refractivity contribution is 5.75. The van der Waals surface area contributed by atoms with E-state index in [1.54, 1.807) is 0 Å². The van der Waals surface area contributed by atoms with Gasteiger partial charge in [0.15, 0.2) is 5.82 Å². The minimum Gasteiger partial charge on any atom is -0.337 e. The summed E-state index contributed by atoms with van der Waals surface area (Å²) in [5.41, 5.74) is 2.07. The van der Waals surface area contributed by atoms with E-state index in [0.29, 0.717) is 11.8 Å². The van der Waals surface area contributed by atoms with Gasteiger partial charge in [-0.2, -0.15) is 4.98 Å². The van der Waals surface area contributed by atoms with E-state index >= 15 is 0 Å². The van der Waals surface area contributed by atoms with Crippen molar-refractivity contribution in [3.63, 3.8) is 0 Å². The van der Waals surface area contributed by atoms with Crippen LogP contribution in [-0.2, 0) is 6.42 Å². The summed E-state index contributed by atoms with van der Waals surface area (Å²) >= 11 is 0. The van der Waals surface area contributed by atoms with Gasteiger partial charge in [0.2, 0.25) is 5.89 Å². The lowest BCUT2D eigenvalue weighted by Gasteiger charge is -2.28. The molecular formula is C18H23N5O. The van der Waals surface area contributed by atoms with E-state index in [1.165, 1.54) is 12.8 Å². The average Bonchev–Trinajstić information content (AvgIpc) is 3.23. The highest BCUT2D eigenvalue weighted by Crippen LogP contribution is 2.24. The van der Waals surface area contributed by atoms with E-state index in [1.807, 2.05) is 24.5 Å². The predicted molar refractivity (Wildman–Crippen MR) is 91.8 cm³/mol. The van der Waals surface area contributed by atoms with Crippen LogP contribution >= 0.6 is 0 Å². The number of benzene rings is 1. The Morgan fingerprint density at radius 1 is 1.25 bits per heavy atom. The van der Waals surface area contributed by atoms with Crippen LogP contribution in [0.2, 0.25) is 0 Å². The zero-order chi connectivity index (χ0) is 16.5. The number of rotatable bonds is 4. The molecule has 0 aliphatic carbocycles. The van der Waals surface area contributed by atoms with Crippen LogP contribution < -0.4 is 0 Å². The highest BCUT2D eigenvalue weighted by atomic mass is 16.5. The van der Waals surface area contributed by atoms with Gasteiger partial charge in [-0.05, 0) is 58.0 Å². The van der Waals surface area contributed by atoms with E-state index in [2.05, 4.69) is 44.6 Å². The number of likely N-dealkylation sites (tertiary alicyclic amines) is 1. The van der Waals surface area contributed by atoms with E-state index < -0.39 is 0 Å². The van der Waals surface area contributed by atoms with Gasteiger partial charge in [0, 0.05) is 6.42 Å². The zero-order valence-electron chi connectivity index (χ0n) is 14.2. The fourth-order valence-corrected chi connectivity index (χ4v) is 3.45. The molecule has 126 valence electrons. The normalized spacial score (nSPS) is 18.2. The first kappa shape index (κ1) is 15.3. The van der Waals surface area contributed by atoms with Gasteiger partial charge in [0.1, 0.15) is 6.04 Å². The van der Waals surface area contributed by atoms with Gasteiger partial charge in [-0.15, -0.1) is 0 Å². The van der Waals surface area contributed by atoms with Crippen LogP contribution in [0.5, 0.6) is 0 Å². The molecular weight excluding hydrogens is 302 g/mol. The molecule has 6 nitrogen and oxygen atoms in total. The van der Waals surface area contributed by atoms with Gasteiger partial charge in [-0.1, -0.05) is 17.3 Å².